The molecule has 0 atom stereocenters. The number of aromatic nitrogens is 4. The van der Waals surface area contributed by atoms with E-state index in [0.717, 1.165) is 11.5 Å². The van der Waals surface area contributed by atoms with Crippen molar-refractivity contribution in [1.29, 1.82) is 0 Å². The molecule has 8 heteroatoms. The summed E-state index contributed by atoms with van der Waals surface area (Å²) in [6, 6.07) is 6.84. The summed E-state index contributed by atoms with van der Waals surface area (Å²) in [7, 11) is 1.40. The molecule has 0 aliphatic rings. The van der Waals surface area contributed by atoms with Crippen LogP contribution in [0.2, 0.25) is 0 Å². The molecule has 0 saturated heterocycles. The van der Waals surface area contributed by atoms with Gasteiger partial charge in [-0.05, 0) is 12.1 Å². The van der Waals surface area contributed by atoms with Crippen LogP contribution in [0.25, 0.3) is 5.65 Å². The number of rotatable bonds is 5. The number of carbonyl (C=O) groups excluding carboxylic acids is 1. The lowest BCUT2D eigenvalue weighted by atomic mass is 10.3. The topological polar surface area (TPSA) is 101 Å². The van der Waals surface area contributed by atoms with Gasteiger partial charge in [-0.15, -0.1) is 10.2 Å². The molecule has 3 rings (SSSR count). The first kappa shape index (κ1) is 14.8. The molecule has 0 radical (unpaired) electrons. The Morgan fingerprint density at radius 1 is 1.39 bits per heavy atom. The minimum atomic E-state index is -0.362. The van der Waals surface area contributed by atoms with Gasteiger partial charge in [-0.2, -0.15) is 0 Å². The molecule has 0 aliphatic heterocycles. The lowest BCUT2D eigenvalue weighted by Gasteiger charge is -2.05. The van der Waals surface area contributed by atoms with Gasteiger partial charge in [-0.25, -0.2) is 0 Å². The van der Waals surface area contributed by atoms with E-state index in [0.29, 0.717) is 13.0 Å². The Morgan fingerprint density at radius 2 is 2.26 bits per heavy atom. The van der Waals surface area contributed by atoms with E-state index in [4.69, 9.17) is 4.74 Å². The maximum atomic E-state index is 12.0. The lowest BCUT2D eigenvalue weighted by Crippen LogP contribution is -2.28. The van der Waals surface area contributed by atoms with Crippen molar-refractivity contribution in [2.24, 2.45) is 0 Å². The van der Waals surface area contributed by atoms with Gasteiger partial charge in [0.05, 0.1) is 7.11 Å². The molecule has 3 aromatic rings. The SMILES string of the molecule is COc1c[nH]c(C(=O)NCCc2nnc3ccccn23)cc1=O. The Balaban J connectivity index is 1.63. The Hall–Kier alpha value is -3.16. The van der Waals surface area contributed by atoms with Crippen molar-refractivity contribution in [3.8, 4) is 5.75 Å². The molecule has 0 bridgehead atoms. The van der Waals surface area contributed by atoms with E-state index in [1.165, 1.54) is 19.4 Å². The molecule has 0 aliphatic carbocycles. The summed E-state index contributed by atoms with van der Waals surface area (Å²) in [4.78, 5) is 26.4. The Kier molecular flexibility index (Phi) is 4.05. The number of aromatic amines is 1. The zero-order valence-electron chi connectivity index (χ0n) is 12.4. The molecule has 0 unspecified atom stereocenters. The van der Waals surface area contributed by atoms with Crippen LogP contribution in [-0.2, 0) is 6.42 Å². The van der Waals surface area contributed by atoms with E-state index in [1.807, 2.05) is 28.8 Å². The summed E-state index contributed by atoms with van der Waals surface area (Å²) < 4.78 is 6.72. The molecule has 1 amide bonds. The number of hydrogen-bond acceptors (Lipinski definition) is 5. The minimum Gasteiger partial charge on any atom is -0.491 e. The van der Waals surface area contributed by atoms with E-state index < -0.39 is 0 Å². The van der Waals surface area contributed by atoms with E-state index in [2.05, 4.69) is 20.5 Å². The van der Waals surface area contributed by atoms with E-state index >= 15 is 0 Å². The molecule has 118 valence electrons. The highest BCUT2D eigenvalue weighted by atomic mass is 16.5. The number of H-pyrrole nitrogens is 1. The van der Waals surface area contributed by atoms with Crippen molar-refractivity contribution in [2.75, 3.05) is 13.7 Å². The van der Waals surface area contributed by atoms with Crippen LogP contribution in [0.3, 0.4) is 0 Å². The number of nitrogens with one attached hydrogen (secondary N) is 2. The van der Waals surface area contributed by atoms with E-state index in [1.54, 1.807) is 0 Å². The predicted molar refractivity (Wildman–Crippen MR) is 82.6 cm³/mol. The van der Waals surface area contributed by atoms with Crippen LogP contribution in [0.5, 0.6) is 5.75 Å². The van der Waals surface area contributed by atoms with Crippen LogP contribution in [0, 0.1) is 0 Å². The minimum absolute atomic E-state index is 0.163. The highest BCUT2D eigenvalue weighted by Crippen LogP contribution is 2.03. The first-order valence-electron chi connectivity index (χ1n) is 7.02. The second-order valence-corrected chi connectivity index (χ2v) is 4.83. The fourth-order valence-electron chi connectivity index (χ4n) is 2.19. The Labute approximate surface area is 131 Å². The quantitative estimate of drug-likeness (QED) is 0.710. The standard InChI is InChI=1S/C15H15N5O3/c1-23-12-9-17-10(8-11(12)21)15(22)16-6-5-14-19-18-13-4-2-3-7-20(13)14/h2-4,7-9H,5-6H2,1H3,(H,16,22)(H,17,21). The van der Waals surface area contributed by atoms with Gasteiger partial charge in [-0.1, -0.05) is 6.07 Å². The van der Waals surface area contributed by atoms with Gasteiger partial charge in [-0.3, -0.25) is 14.0 Å². The fraction of sp³-hybridized carbons (Fsp3) is 0.200. The van der Waals surface area contributed by atoms with Crippen molar-refractivity contribution in [3.63, 3.8) is 0 Å². The Bertz CT molecular complexity index is 899. The summed E-state index contributed by atoms with van der Waals surface area (Å²) in [5.41, 5.74) is 0.593. The van der Waals surface area contributed by atoms with Crippen LogP contribution in [0.4, 0.5) is 0 Å². The highest BCUT2D eigenvalue weighted by Gasteiger charge is 2.10. The van der Waals surface area contributed by atoms with Crippen LogP contribution >= 0.6 is 0 Å². The van der Waals surface area contributed by atoms with Gasteiger partial charge in [0.2, 0.25) is 5.43 Å². The zero-order valence-corrected chi connectivity index (χ0v) is 12.4. The van der Waals surface area contributed by atoms with Crippen molar-refractivity contribution in [3.05, 3.63) is 58.4 Å². The summed E-state index contributed by atoms with van der Waals surface area (Å²) >= 11 is 0. The average molecular weight is 313 g/mol. The number of ether oxygens (including phenoxy) is 1. The van der Waals surface area contributed by atoms with Crippen molar-refractivity contribution in [2.45, 2.75) is 6.42 Å². The smallest absolute Gasteiger partial charge is 0.267 e. The summed E-state index contributed by atoms with van der Waals surface area (Å²) in [6.45, 7) is 0.378. The molecule has 3 aromatic heterocycles. The third-order valence-corrected chi connectivity index (χ3v) is 3.36. The second-order valence-electron chi connectivity index (χ2n) is 4.83. The number of fused-ring (bicyclic) bond motifs is 1. The van der Waals surface area contributed by atoms with Crippen molar-refractivity contribution in [1.82, 2.24) is 24.9 Å². The van der Waals surface area contributed by atoms with E-state index in [-0.39, 0.29) is 22.8 Å². The fourth-order valence-corrected chi connectivity index (χ4v) is 2.19. The molecule has 0 fully saturated rings. The molecule has 2 N–H and O–H groups in total. The first-order chi connectivity index (χ1) is 11.2. The summed E-state index contributed by atoms with van der Waals surface area (Å²) in [5.74, 6) is 0.555. The van der Waals surface area contributed by atoms with Gasteiger partial charge >= 0.3 is 0 Å². The third-order valence-electron chi connectivity index (χ3n) is 3.36. The van der Waals surface area contributed by atoms with Gasteiger partial charge < -0.3 is 15.0 Å². The van der Waals surface area contributed by atoms with Crippen LogP contribution < -0.4 is 15.5 Å². The average Bonchev–Trinajstić information content (AvgIpc) is 2.98. The van der Waals surface area contributed by atoms with Gasteiger partial charge in [0.25, 0.3) is 5.91 Å². The lowest BCUT2D eigenvalue weighted by molar-refractivity contribution is 0.0949. The third kappa shape index (κ3) is 3.05. The maximum absolute atomic E-state index is 12.0. The zero-order chi connectivity index (χ0) is 16.2. The number of carbonyl (C=O) groups is 1. The number of nitrogens with zero attached hydrogens (tertiary/aromatic N) is 3. The summed E-state index contributed by atoms with van der Waals surface area (Å²) in [5, 5.41) is 10.9. The van der Waals surface area contributed by atoms with E-state index in [9.17, 15) is 9.59 Å². The highest BCUT2D eigenvalue weighted by molar-refractivity contribution is 5.92. The van der Waals surface area contributed by atoms with Crippen LogP contribution in [-0.4, -0.2) is 39.1 Å². The summed E-state index contributed by atoms with van der Waals surface area (Å²) in [6.07, 6.45) is 3.76. The molecular formula is C15H15N5O3. The Morgan fingerprint density at radius 3 is 3.04 bits per heavy atom. The number of hydrogen-bond donors (Lipinski definition) is 2. The molecule has 0 saturated carbocycles. The predicted octanol–water partition coefficient (Wildman–Crippen LogP) is 0.399. The monoisotopic (exact) mass is 313 g/mol. The van der Waals surface area contributed by atoms with Gasteiger partial charge in [0, 0.05) is 31.4 Å². The normalized spacial score (nSPS) is 10.7. The molecule has 0 spiro atoms. The number of pyridine rings is 2. The number of methoxy groups -OCH3 is 1. The molecule has 0 aromatic carbocycles. The van der Waals surface area contributed by atoms with Crippen LogP contribution in [0.15, 0.2) is 41.5 Å². The second kappa shape index (κ2) is 6.30. The van der Waals surface area contributed by atoms with Crippen LogP contribution in [0.1, 0.15) is 16.3 Å². The first-order valence-corrected chi connectivity index (χ1v) is 7.02. The van der Waals surface area contributed by atoms with Gasteiger partial charge in [0.1, 0.15) is 11.5 Å². The molecule has 3 heterocycles. The maximum Gasteiger partial charge on any atom is 0.267 e. The molecule has 8 nitrogen and oxygen atoms in total. The van der Waals surface area contributed by atoms with Gasteiger partial charge in [0.15, 0.2) is 11.4 Å². The molecular weight excluding hydrogens is 298 g/mol. The molecule has 23 heavy (non-hydrogen) atoms. The largest absolute Gasteiger partial charge is 0.491 e. The number of amides is 1. The van der Waals surface area contributed by atoms with Crippen molar-refractivity contribution >= 4 is 11.6 Å². The van der Waals surface area contributed by atoms with Crippen molar-refractivity contribution < 1.29 is 9.53 Å².